The van der Waals surface area contributed by atoms with Gasteiger partial charge in [-0.1, -0.05) is 0 Å². The van der Waals surface area contributed by atoms with Crippen LogP contribution in [0.4, 0.5) is 0 Å². The van der Waals surface area contributed by atoms with Crippen molar-refractivity contribution in [3.05, 3.63) is 0 Å². The molecule has 12 nitrogen and oxygen atoms in total. The lowest BCUT2D eigenvalue weighted by Crippen LogP contribution is -2.51. The smallest absolute Gasteiger partial charge is 0.221 e. The summed E-state index contributed by atoms with van der Waals surface area (Å²) in [6.07, 6.45) is 0.338. The second-order valence-electron chi connectivity index (χ2n) is 9.45. The van der Waals surface area contributed by atoms with E-state index < -0.39 is 42.8 Å². The highest BCUT2D eigenvalue weighted by Gasteiger charge is 2.25. The number of amides is 2. The molecule has 1 heterocycles. The van der Waals surface area contributed by atoms with E-state index in [1.807, 2.05) is 0 Å². The highest BCUT2D eigenvalue weighted by Crippen LogP contribution is 2.09. The van der Waals surface area contributed by atoms with Crippen LogP contribution >= 0.6 is 0 Å². The van der Waals surface area contributed by atoms with Gasteiger partial charge in [-0.15, -0.1) is 0 Å². The monoisotopic (exact) mass is 498 g/mol. The lowest BCUT2D eigenvalue weighted by Gasteiger charge is -2.35. The van der Waals surface area contributed by atoms with Gasteiger partial charge in [-0.05, 0) is 27.7 Å². The maximum absolute atomic E-state index is 12.1. The number of piperazine rings is 1. The van der Waals surface area contributed by atoms with Crippen LogP contribution in [-0.4, -0.2) is 109 Å². The first-order chi connectivity index (χ1) is 14.4. The minimum Gasteiger partial charge on any atom is -0.748 e. The normalized spacial score (nSPS) is 17.2. The van der Waals surface area contributed by atoms with E-state index in [0.717, 1.165) is 0 Å². The fourth-order valence-corrected chi connectivity index (χ4v) is 5.50. The Morgan fingerprint density at radius 2 is 1.00 bits per heavy atom. The molecule has 1 saturated heterocycles. The van der Waals surface area contributed by atoms with Gasteiger partial charge < -0.3 is 29.5 Å². The van der Waals surface area contributed by atoms with E-state index in [1.165, 1.54) is 27.7 Å². The molecular formula is C18H34N4O8S2-2. The van der Waals surface area contributed by atoms with E-state index in [0.29, 0.717) is 39.3 Å². The lowest BCUT2D eigenvalue weighted by atomic mass is 10.1. The van der Waals surface area contributed by atoms with Crippen LogP contribution in [0.1, 0.15) is 40.5 Å². The van der Waals surface area contributed by atoms with E-state index in [9.17, 15) is 35.5 Å². The van der Waals surface area contributed by atoms with Crippen molar-refractivity contribution in [1.82, 2.24) is 20.4 Å². The third kappa shape index (κ3) is 13.3. The molecule has 0 spiro atoms. The van der Waals surface area contributed by atoms with Gasteiger partial charge >= 0.3 is 0 Å². The topological polar surface area (TPSA) is 179 Å². The molecule has 188 valence electrons. The van der Waals surface area contributed by atoms with Gasteiger partial charge in [0.15, 0.2) is 0 Å². The van der Waals surface area contributed by atoms with Crippen molar-refractivity contribution in [2.75, 3.05) is 50.8 Å². The average molecular weight is 499 g/mol. The van der Waals surface area contributed by atoms with Gasteiger partial charge in [0.2, 0.25) is 11.8 Å². The Kier molecular flexibility index (Phi) is 10.1. The molecule has 0 aliphatic carbocycles. The fourth-order valence-electron chi connectivity index (χ4n) is 3.59. The predicted octanol–water partition coefficient (Wildman–Crippen LogP) is -1.74. The largest absolute Gasteiger partial charge is 0.748 e. The van der Waals surface area contributed by atoms with Crippen LogP contribution in [0.25, 0.3) is 0 Å². The van der Waals surface area contributed by atoms with Gasteiger partial charge in [0.25, 0.3) is 0 Å². The summed E-state index contributed by atoms with van der Waals surface area (Å²) in [6, 6.07) is 0. The predicted molar refractivity (Wildman–Crippen MR) is 116 cm³/mol. The molecule has 32 heavy (non-hydrogen) atoms. The number of rotatable bonds is 12. The second-order valence-corrected chi connectivity index (χ2v) is 12.3. The second kappa shape index (κ2) is 11.2. The van der Waals surface area contributed by atoms with Crippen molar-refractivity contribution < 1.29 is 35.5 Å². The average Bonchev–Trinajstić information content (AvgIpc) is 2.53. The number of nitrogens with one attached hydrogen (secondary N) is 2. The van der Waals surface area contributed by atoms with Gasteiger partial charge in [0.1, 0.15) is 0 Å². The Morgan fingerprint density at radius 3 is 1.25 bits per heavy atom. The van der Waals surface area contributed by atoms with Gasteiger partial charge in [-0.2, -0.15) is 0 Å². The minimum absolute atomic E-state index is 0.169. The molecule has 0 aromatic carbocycles. The first-order valence-corrected chi connectivity index (χ1v) is 13.5. The zero-order valence-corrected chi connectivity index (χ0v) is 20.7. The highest BCUT2D eigenvalue weighted by molar-refractivity contribution is 7.86. The number of nitrogens with zero attached hydrogens (tertiary/aromatic N) is 2. The third-order valence-corrected chi connectivity index (χ3v) is 6.96. The summed E-state index contributed by atoms with van der Waals surface area (Å²) in [7, 11) is -8.90. The van der Waals surface area contributed by atoms with E-state index in [1.54, 1.807) is 0 Å². The van der Waals surface area contributed by atoms with Crippen LogP contribution in [0.15, 0.2) is 0 Å². The molecule has 1 aliphatic rings. The van der Waals surface area contributed by atoms with E-state index in [2.05, 4.69) is 20.4 Å². The molecule has 1 fully saturated rings. The standard InChI is InChI=1S/C18H36N4O8S2/c1-17(2,13-31(25,26)27)19-15(23)5-7-21-9-11-22(12-10-21)8-6-16(24)20-18(3,4)14-32(28,29)30/h5-14H2,1-4H3,(H,19,23)(H,20,24)(H,25,26,27)(H,28,29,30)/p-2. The van der Waals surface area contributed by atoms with Crippen LogP contribution in [-0.2, 0) is 29.8 Å². The molecule has 0 saturated carbocycles. The Bertz CT molecular complexity index is 791. The Labute approximate surface area is 190 Å². The van der Waals surface area contributed by atoms with E-state index in [4.69, 9.17) is 0 Å². The van der Waals surface area contributed by atoms with Crippen molar-refractivity contribution in [2.24, 2.45) is 0 Å². The molecule has 0 bridgehead atoms. The van der Waals surface area contributed by atoms with Gasteiger partial charge in [-0.25, -0.2) is 16.8 Å². The molecule has 0 aromatic heterocycles. The zero-order valence-electron chi connectivity index (χ0n) is 19.0. The van der Waals surface area contributed by atoms with Crippen molar-refractivity contribution in [2.45, 2.75) is 51.6 Å². The minimum atomic E-state index is -4.45. The first kappa shape index (κ1) is 28.7. The maximum atomic E-state index is 12.1. The van der Waals surface area contributed by atoms with Gasteiger partial charge in [-0.3, -0.25) is 9.59 Å². The molecule has 0 unspecified atom stereocenters. The van der Waals surface area contributed by atoms with Gasteiger partial charge in [0, 0.05) is 63.2 Å². The number of carbonyl (C=O) groups excluding carboxylic acids is 2. The number of carbonyl (C=O) groups is 2. The molecule has 2 amide bonds. The summed E-state index contributed by atoms with van der Waals surface area (Å²) >= 11 is 0. The van der Waals surface area contributed by atoms with Crippen LogP contribution < -0.4 is 10.6 Å². The maximum Gasteiger partial charge on any atom is 0.221 e. The van der Waals surface area contributed by atoms with Crippen LogP contribution in [0.5, 0.6) is 0 Å². The molecule has 0 atom stereocenters. The summed E-state index contributed by atoms with van der Waals surface area (Å²) in [5, 5.41) is 5.14. The summed E-state index contributed by atoms with van der Waals surface area (Å²) in [5.74, 6) is -2.02. The van der Waals surface area contributed by atoms with Gasteiger partial charge in [0.05, 0.1) is 31.7 Å². The molecule has 0 aromatic rings. The van der Waals surface area contributed by atoms with Crippen molar-refractivity contribution in [3.63, 3.8) is 0 Å². The van der Waals surface area contributed by atoms with Crippen molar-refractivity contribution in [3.8, 4) is 0 Å². The van der Waals surface area contributed by atoms with Crippen molar-refractivity contribution >= 4 is 32.1 Å². The summed E-state index contributed by atoms with van der Waals surface area (Å²) < 4.78 is 65.4. The Balaban J connectivity index is 2.31. The molecule has 2 N–H and O–H groups in total. The van der Waals surface area contributed by atoms with Crippen molar-refractivity contribution in [1.29, 1.82) is 0 Å². The van der Waals surface area contributed by atoms with Crippen LogP contribution in [0.2, 0.25) is 0 Å². The zero-order chi connectivity index (χ0) is 24.8. The SMILES string of the molecule is CC(C)(CS(=O)(=O)[O-])NC(=O)CCN1CCN(CCC(=O)NC(C)(C)CS(=O)(=O)[O-])CC1. The Morgan fingerprint density at radius 1 is 0.719 bits per heavy atom. The number of hydrogen-bond donors (Lipinski definition) is 2. The van der Waals surface area contributed by atoms with Crippen LogP contribution in [0, 0.1) is 0 Å². The molecule has 0 radical (unpaired) electrons. The quantitative estimate of drug-likeness (QED) is 0.293. The molecule has 14 heteroatoms. The number of hydrogen-bond acceptors (Lipinski definition) is 10. The highest BCUT2D eigenvalue weighted by atomic mass is 32.2. The summed E-state index contributed by atoms with van der Waals surface area (Å²) in [4.78, 5) is 28.3. The van der Waals surface area contributed by atoms with E-state index >= 15 is 0 Å². The third-order valence-electron chi connectivity index (χ3n) is 4.81. The molecule has 1 rings (SSSR count). The summed E-state index contributed by atoms with van der Waals surface area (Å²) in [5.41, 5.74) is -2.27. The summed E-state index contributed by atoms with van der Waals surface area (Å²) in [6.45, 7) is 9.65. The van der Waals surface area contributed by atoms with Crippen LogP contribution in [0.3, 0.4) is 0 Å². The lowest BCUT2D eigenvalue weighted by molar-refractivity contribution is -0.124. The molecular weight excluding hydrogens is 464 g/mol. The first-order valence-electron chi connectivity index (χ1n) is 10.3. The Hall–Kier alpha value is -1.32. The molecule has 1 aliphatic heterocycles. The fraction of sp³-hybridized carbons (Fsp3) is 0.889. The van der Waals surface area contributed by atoms with E-state index in [-0.39, 0.29) is 24.7 Å².